The fraction of sp³-hybridized carbons (Fsp3) is 0.0870. The van der Waals surface area contributed by atoms with Gasteiger partial charge in [-0.3, -0.25) is 4.99 Å². The summed E-state index contributed by atoms with van der Waals surface area (Å²) < 4.78 is 0. The molecule has 0 bridgehead atoms. The van der Waals surface area contributed by atoms with Crippen LogP contribution in [0.1, 0.15) is 29.7 Å². The molecule has 1 aliphatic heterocycles. The minimum atomic E-state index is 0.0212. The quantitative estimate of drug-likeness (QED) is 0.703. The molecule has 4 rings (SSSR count). The maximum absolute atomic E-state index is 5.03. The number of amidine groups is 1. The summed E-state index contributed by atoms with van der Waals surface area (Å²) in [5.41, 5.74) is 5.87. The van der Waals surface area contributed by atoms with E-state index in [0.29, 0.717) is 0 Å². The van der Waals surface area contributed by atoms with Crippen LogP contribution in [0.2, 0.25) is 0 Å². The first-order chi connectivity index (χ1) is 12.3. The van der Waals surface area contributed by atoms with E-state index < -0.39 is 0 Å². The van der Waals surface area contributed by atoms with Crippen molar-refractivity contribution < 1.29 is 0 Å². The highest BCUT2D eigenvalue weighted by Gasteiger charge is 2.24. The molecule has 2 nitrogen and oxygen atoms in total. The molecule has 1 aliphatic rings. The molecule has 1 N–H and O–H groups in total. The highest BCUT2D eigenvalue weighted by atomic mass is 15.0. The molecule has 1 unspecified atom stereocenters. The molecule has 0 saturated carbocycles. The topological polar surface area (TPSA) is 24.4 Å². The van der Waals surface area contributed by atoms with E-state index in [1.807, 2.05) is 30.3 Å². The number of hydrogen-bond donors (Lipinski definition) is 1. The van der Waals surface area contributed by atoms with Crippen LogP contribution in [0.4, 0.5) is 0 Å². The van der Waals surface area contributed by atoms with Gasteiger partial charge in [0.1, 0.15) is 11.9 Å². The summed E-state index contributed by atoms with van der Waals surface area (Å²) in [4.78, 5) is 5.03. The van der Waals surface area contributed by atoms with Crippen molar-refractivity contribution in [2.75, 3.05) is 0 Å². The summed E-state index contributed by atoms with van der Waals surface area (Å²) in [5.74, 6) is 0.916. The third-order valence-electron chi connectivity index (χ3n) is 4.53. The summed E-state index contributed by atoms with van der Waals surface area (Å²) in [6.45, 7) is 2.16. The van der Waals surface area contributed by atoms with E-state index in [1.165, 1.54) is 16.7 Å². The van der Waals surface area contributed by atoms with Gasteiger partial charge in [0.05, 0.1) is 0 Å². The first-order valence-corrected chi connectivity index (χ1v) is 8.54. The Hall–Kier alpha value is -3.13. The number of hydrogen-bond acceptors (Lipinski definition) is 2. The molecule has 25 heavy (non-hydrogen) atoms. The van der Waals surface area contributed by atoms with Gasteiger partial charge in [0, 0.05) is 11.3 Å². The van der Waals surface area contributed by atoms with E-state index in [0.717, 1.165) is 17.1 Å². The van der Waals surface area contributed by atoms with E-state index >= 15 is 0 Å². The van der Waals surface area contributed by atoms with E-state index in [9.17, 15) is 0 Å². The molecule has 0 aliphatic carbocycles. The van der Waals surface area contributed by atoms with Crippen LogP contribution in [-0.4, -0.2) is 5.84 Å². The Bertz CT molecular complexity index is 910. The molecule has 0 amide bonds. The number of aliphatic imine (C=N–C) groups is 1. The second kappa shape index (κ2) is 6.78. The summed E-state index contributed by atoms with van der Waals surface area (Å²) in [6, 6.07) is 31.3. The lowest BCUT2D eigenvalue weighted by molar-refractivity contribution is 0.819. The summed E-state index contributed by atoms with van der Waals surface area (Å²) in [5, 5.41) is 3.57. The average molecular weight is 324 g/mol. The molecule has 1 heterocycles. The molecule has 0 spiro atoms. The zero-order valence-electron chi connectivity index (χ0n) is 14.2. The van der Waals surface area contributed by atoms with Crippen molar-refractivity contribution in [3.05, 3.63) is 113 Å². The Morgan fingerprint density at radius 3 is 1.80 bits per heavy atom. The Balaban J connectivity index is 1.84. The van der Waals surface area contributed by atoms with Gasteiger partial charge in [0.2, 0.25) is 0 Å². The maximum Gasteiger partial charge on any atom is 0.133 e. The fourth-order valence-corrected chi connectivity index (χ4v) is 3.22. The van der Waals surface area contributed by atoms with Crippen LogP contribution >= 0.6 is 0 Å². The monoisotopic (exact) mass is 324 g/mol. The average Bonchev–Trinajstić information content (AvgIpc) is 2.70. The highest BCUT2D eigenvalue weighted by Crippen LogP contribution is 2.34. The van der Waals surface area contributed by atoms with Crippen LogP contribution in [0, 0.1) is 0 Å². The molecule has 1 atom stereocenters. The van der Waals surface area contributed by atoms with Gasteiger partial charge in [-0.2, -0.15) is 0 Å². The predicted molar refractivity (Wildman–Crippen MR) is 104 cm³/mol. The van der Waals surface area contributed by atoms with Gasteiger partial charge in [-0.25, -0.2) is 0 Å². The SMILES string of the molecule is CC1=C(c2ccccc2)NC(c2ccccc2)=NC1c1ccccc1. The third-order valence-corrected chi connectivity index (χ3v) is 4.53. The van der Waals surface area contributed by atoms with Crippen LogP contribution in [0.3, 0.4) is 0 Å². The molecular weight excluding hydrogens is 304 g/mol. The molecule has 3 aromatic carbocycles. The van der Waals surface area contributed by atoms with Crippen LogP contribution in [-0.2, 0) is 0 Å². The van der Waals surface area contributed by atoms with Crippen molar-refractivity contribution in [1.29, 1.82) is 0 Å². The van der Waals surface area contributed by atoms with E-state index in [1.54, 1.807) is 0 Å². The van der Waals surface area contributed by atoms with Gasteiger partial charge in [0.15, 0.2) is 0 Å². The first-order valence-electron chi connectivity index (χ1n) is 8.54. The molecule has 3 aromatic rings. The fourth-order valence-electron chi connectivity index (χ4n) is 3.22. The molecular formula is C23H20N2. The van der Waals surface area contributed by atoms with Crippen LogP contribution < -0.4 is 5.32 Å². The third kappa shape index (κ3) is 3.11. The first kappa shape index (κ1) is 15.4. The molecule has 0 fully saturated rings. The number of rotatable bonds is 3. The number of nitrogens with one attached hydrogen (secondary N) is 1. The van der Waals surface area contributed by atoms with Gasteiger partial charge >= 0.3 is 0 Å². The van der Waals surface area contributed by atoms with Crippen molar-refractivity contribution in [3.63, 3.8) is 0 Å². The lowest BCUT2D eigenvalue weighted by Crippen LogP contribution is -2.29. The zero-order chi connectivity index (χ0) is 17.1. The smallest absolute Gasteiger partial charge is 0.133 e. The van der Waals surface area contributed by atoms with Crippen molar-refractivity contribution in [3.8, 4) is 0 Å². The molecule has 2 heteroatoms. The zero-order valence-corrected chi connectivity index (χ0v) is 14.2. The van der Waals surface area contributed by atoms with Crippen molar-refractivity contribution in [2.45, 2.75) is 13.0 Å². The number of benzene rings is 3. The largest absolute Gasteiger partial charge is 0.339 e. The summed E-state index contributed by atoms with van der Waals surface area (Å²) in [7, 11) is 0. The predicted octanol–water partition coefficient (Wildman–Crippen LogP) is 5.21. The van der Waals surface area contributed by atoms with Gasteiger partial charge in [-0.05, 0) is 23.6 Å². The lowest BCUT2D eigenvalue weighted by Gasteiger charge is -2.27. The Morgan fingerprint density at radius 1 is 0.680 bits per heavy atom. The second-order valence-electron chi connectivity index (χ2n) is 6.21. The van der Waals surface area contributed by atoms with Crippen LogP contribution in [0.15, 0.2) is 102 Å². The Kier molecular flexibility index (Phi) is 4.17. The maximum atomic E-state index is 5.03. The van der Waals surface area contributed by atoms with Crippen molar-refractivity contribution in [2.24, 2.45) is 4.99 Å². The normalized spacial score (nSPS) is 17.0. The Morgan fingerprint density at radius 2 is 1.20 bits per heavy atom. The van der Waals surface area contributed by atoms with Gasteiger partial charge in [-0.15, -0.1) is 0 Å². The highest BCUT2D eigenvalue weighted by molar-refractivity contribution is 6.05. The summed E-state index contributed by atoms with van der Waals surface area (Å²) in [6.07, 6.45) is 0. The molecule has 0 aromatic heterocycles. The Labute approximate surface area is 148 Å². The lowest BCUT2D eigenvalue weighted by atomic mass is 9.94. The van der Waals surface area contributed by atoms with E-state index in [4.69, 9.17) is 4.99 Å². The van der Waals surface area contributed by atoms with E-state index in [-0.39, 0.29) is 6.04 Å². The van der Waals surface area contributed by atoms with Gasteiger partial charge < -0.3 is 5.32 Å². The van der Waals surface area contributed by atoms with Crippen LogP contribution in [0.25, 0.3) is 5.70 Å². The second-order valence-corrected chi connectivity index (χ2v) is 6.21. The summed E-state index contributed by atoms with van der Waals surface area (Å²) >= 11 is 0. The standard InChI is InChI=1S/C23H20N2/c1-17-21(18-11-5-2-6-12-18)24-23(20-15-9-4-10-16-20)25-22(17)19-13-7-3-8-14-19/h2-16,21H,1H3,(H,24,25). The van der Waals surface area contributed by atoms with E-state index in [2.05, 4.69) is 72.9 Å². The van der Waals surface area contributed by atoms with Crippen LogP contribution in [0.5, 0.6) is 0 Å². The molecule has 122 valence electrons. The van der Waals surface area contributed by atoms with Crippen molar-refractivity contribution in [1.82, 2.24) is 5.32 Å². The number of nitrogens with zero attached hydrogens (tertiary/aromatic N) is 1. The molecule has 0 radical (unpaired) electrons. The minimum Gasteiger partial charge on any atom is -0.339 e. The minimum absolute atomic E-state index is 0.0212. The van der Waals surface area contributed by atoms with Crippen molar-refractivity contribution >= 4 is 11.5 Å². The van der Waals surface area contributed by atoms with Gasteiger partial charge in [-0.1, -0.05) is 91.0 Å². The molecule has 0 saturated heterocycles. The van der Waals surface area contributed by atoms with Gasteiger partial charge in [0.25, 0.3) is 0 Å².